The Bertz CT molecular complexity index is 2700. The summed E-state index contributed by atoms with van der Waals surface area (Å²) in [6, 6.07) is 13.6. The Balaban J connectivity index is 1.21. The predicted molar refractivity (Wildman–Crippen MR) is 369 cm³/mol. The Morgan fingerprint density at radius 2 is 1.49 bits per heavy atom. The zero-order chi connectivity index (χ0) is 66.0. The fourth-order valence-electron chi connectivity index (χ4n) is 15.2. The number of allylic oxidation sites excluding steroid dienone is 4. The van der Waals surface area contributed by atoms with Crippen LogP contribution in [0.1, 0.15) is 182 Å². The number of carbonyl (C=O) groups excluding carboxylic acids is 1. The fourth-order valence-corrected chi connectivity index (χ4v) is 15.2. The lowest BCUT2D eigenvalue weighted by molar-refractivity contribution is -0.162. The molecule has 510 valence electrons. The van der Waals surface area contributed by atoms with Gasteiger partial charge < -0.3 is 51.5 Å². The summed E-state index contributed by atoms with van der Waals surface area (Å²) in [5.74, 6) is 0.355. The molecule has 7 rings (SSSR count). The molecule has 4 aliphatic heterocycles. The number of carbonyl (C=O) groups is 1. The van der Waals surface area contributed by atoms with Crippen molar-refractivity contribution in [3.8, 4) is 0 Å². The molecule has 1 spiro atoms. The first-order chi connectivity index (χ1) is 43.4. The van der Waals surface area contributed by atoms with E-state index in [0.717, 1.165) is 121 Å². The Morgan fingerprint density at radius 3 is 2.16 bits per heavy atom. The van der Waals surface area contributed by atoms with Crippen molar-refractivity contribution in [2.45, 2.75) is 245 Å². The topological polar surface area (TPSA) is 118 Å². The molecule has 5 aliphatic rings. The summed E-state index contributed by atoms with van der Waals surface area (Å²) in [5.41, 5.74) is 4.78. The number of likely N-dealkylation sites (N-methyl/N-ethyl adjacent to an activating group) is 1. The van der Waals surface area contributed by atoms with Crippen LogP contribution < -0.4 is 31.9 Å². The minimum Gasteiger partial charge on any atom is -0.369 e. The lowest BCUT2D eigenvalue weighted by Crippen LogP contribution is -2.76. The van der Waals surface area contributed by atoms with Gasteiger partial charge in [0, 0.05) is 174 Å². The number of rotatable bonds is 12. The first kappa shape index (κ1) is 73.6. The van der Waals surface area contributed by atoms with Gasteiger partial charge in [0.15, 0.2) is 0 Å². The fraction of sp³-hybridized carbons (Fsp3) is 0.703. The van der Waals surface area contributed by atoms with Crippen LogP contribution in [0.15, 0.2) is 95.4 Å². The summed E-state index contributed by atoms with van der Waals surface area (Å²) in [5, 5.41) is 24.1. The van der Waals surface area contributed by atoms with Crippen LogP contribution in [0.2, 0.25) is 0 Å². The van der Waals surface area contributed by atoms with Gasteiger partial charge in [0.1, 0.15) is 5.82 Å². The predicted octanol–water partition coefficient (Wildman–Crippen LogP) is 12.8. The third-order valence-corrected chi connectivity index (χ3v) is 21.2. The van der Waals surface area contributed by atoms with E-state index in [-0.39, 0.29) is 65.8 Å². The molecule has 1 aliphatic carbocycles. The van der Waals surface area contributed by atoms with Crippen molar-refractivity contribution in [2.24, 2.45) is 28.7 Å². The third-order valence-electron chi connectivity index (χ3n) is 21.2. The summed E-state index contributed by atoms with van der Waals surface area (Å²) < 4.78 is 55.4. The van der Waals surface area contributed by atoms with Gasteiger partial charge in [0.2, 0.25) is 5.91 Å². The Labute approximate surface area is 547 Å². The molecule has 6 N–H and O–H groups in total. The minimum atomic E-state index is -4.77. The zero-order valence-electron chi connectivity index (χ0n) is 58.4. The summed E-state index contributed by atoms with van der Waals surface area (Å²) >= 11 is 0. The van der Waals surface area contributed by atoms with Crippen LogP contribution in [-0.2, 0) is 23.8 Å². The second-order valence-corrected chi connectivity index (χ2v) is 28.7. The average Bonchev–Trinajstić information content (AvgIpc) is 1.03. The number of nitrogens with zero attached hydrogens (tertiary/aromatic N) is 6. The van der Waals surface area contributed by atoms with Crippen molar-refractivity contribution in [3.05, 3.63) is 119 Å². The smallest absolute Gasteiger partial charge is 0.369 e. The number of amides is 1. The molecule has 0 aromatic heterocycles. The number of benzene rings is 2. The lowest BCUT2D eigenvalue weighted by atomic mass is 9.74. The number of alkyl halides is 3. The zero-order valence-corrected chi connectivity index (χ0v) is 58.4. The molecule has 0 bridgehead atoms. The second-order valence-electron chi connectivity index (χ2n) is 28.7. The molecule has 2 aromatic carbocycles. The standard InChI is InChI=1S/C74H120F4N12O/c1-15-53(6)68-46-83-67(43-51(3)4)56(9)82-47-69-70(72(91)88-39-20-17-21-40-88)59(12)90(69)71(54(7)16-2)57(10)85-73(33-18-19-34-73)50-80-37-36-79-35-32-62(30-28-61-29-31-65(66(75)45-61)74(76,77)78)81-38-42-86(13)48-64(44-60-26-24-52(5)25-27-60)87(14)49-63-23-22-41-89(63)58(11)55(8)84-68/h24-27,29,31-32,35,38,42,45,48-49,51,53-59,67-71,80-85H,15-23,28,30,33-34,36-37,39-41,43-44,46-47,50H2,1-14H3/t53-,54-,55?,56?,57?,58-,59?,67-,68+,69?,70-,71-/m0/s1. The van der Waals surface area contributed by atoms with Crippen molar-refractivity contribution in [3.63, 3.8) is 0 Å². The van der Waals surface area contributed by atoms with E-state index in [0.29, 0.717) is 61.6 Å². The number of halogens is 4. The van der Waals surface area contributed by atoms with Gasteiger partial charge in [0.05, 0.1) is 18.0 Å². The quantitative estimate of drug-likeness (QED) is 0.114. The highest BCUT2D eigenvalue weighted by molar-refractivity contribution is 5.81. The molecule has 2 aromatic rings. The molecule has 17 heteroatoms. The number of piperidine rings is 1. The van der Waals surface area contributed by atoms with Gasteiger partial charge >= 0.3 is 6.18 Å². The van der Waals surface area contributed by atoms with E-state index < -0.39 is 17.6 Å². The van der Waals surface area contributed by atoms with Crippen molar-refractivity contribution in [1.29, 1.82) is 0 Å². The van der Waals surface area contributed by atoms with Crippen LogP contribution in [0.3, 0.4) is 0 Å². The van der Waals surface area contributed by atoms with Gasteiger partial charge in [-0.1, -0.05) is 103 Å². The van der Waals surface area contributed by atoms with E-state index in [1.807, 2.05) is 30.4 Å². The second kappa shape index (κ2) is 35.1. The van der Waals surface area contributed by atoms with Gasteiger partial charge in [-0.15, -0.1) is 0 Å². The molecule has 3 saturated heterocycles. The largest absolute Gasteiger partial charge is 0.419 e. The molecule has 5 unspecified atom stereocenters. The van der Waals surface area contributed by atoms with Crippen LogP contribution in [0.4, 0.5) is 17.6 Å². The monoisotopic (exact) mass is 1270 g/mol. The van der Waals surface area contributed by atoms with Crippen LogP contribution in [0, 0.1) is 36.4 Å². The molecule has 13 nitrogen and oxygen atoms in total. The molecule has 1 saturated carbocycles. The molecule has 4 heterocycles. The number of fused-ring (bicyclic) bond motifs is 2. The Morgan fingerprint density at radius 1 is 0.791 bits per heavy atom. The van der Waals surface area contributed by atoms with E-state index in [2.05, 4.69) is 178 Å². The Hall–Kier alpha value is -4.78. The Kier molecular flexibility index (Phi) is 28.4. The van der Waals surface area contributed by atoms with E-state index in [9.17, 15) is 22.4 Å². The van der Waals surface area contributed by atoms with Crippen LogP contribution >= 0.6 is 0 Å². The van der Waals surface area contributed by atoms with E-state index in [1.54, 1.807) is 6.21 Å². The van der Waals surface area contributed by atoms with Gasteiger partial charge in [-0.05, 0) is 153 Å². The van der Waals surface area contributed by atoms with Gasteiger partial charge in [-0.3, -0.25) is 14.7 Å². The number of aryl methyl sites for hydroxylation is 2. The van der Waals surface area contributed by atoms with Gasteiger partial charge in [-0.25, -0.2) is 4.39 Å². The van der Waals surface area contributed by atoms with Gasteiger partial charge in [0.25, 0.3) is 0 Å². The third kappa shape index (κ3) is 20.9. The lowest BCUT2D eigenvalue weighted by Gasteiger charge is -2.60. The van der Waals surface area contributed by atoms with Crippen molar-refractivity contribution >= 4 is 12.1 Å². The van der Waals surface area contributed by atoms with E-state index in [4.69, 9.17) is 4.99 Å². The van der Waals surface area contributed by atoms with Crippen molar-refractivity contribution in [2.75, 3.05) is 66.5 Å². The highest BCUT2D eigenvalue weighted by Gasteiger charge is 2.55. The van der Waals surface area contributed by atoms with Gasteiger partial charge in [-0.2, -0.15) is 13.2 Å². The van der Waals surface area contributed by atoms with Crippen molar-refractivity contribution in [1.82, 2.24) is 56.4 Å². The molecular weight excluding hydrogens is 1150 g/mol. The molecule has 4 fully saturated rings. The van der Waals surface area contributed by atoms with Crippen molar-refractivity contribution < 1.29 is 22.4 Å². The molecular formula is C74H120F4N12O. The van der Waals surface area contributed by atoms with E-state index >= 15 is 0 Å². The number of aliphatic imine (C=N–C) groups is 1. The number of hydrogen-bond acceptors (Lipinski definition) is 12. The maximum Gasteiger partial charge on any atom is 0.419 e. The molecule has 0 radical (unpaired) electrons. The highest BCUT2D eigenvalue weighted by Crippen LogP contribution is 2.41. The van der Waals surface area contributed by atoms with Crippen LogP contribution in [0.25, 0.3) is 0 Å². The maximum absolute atomic E-state index is 14.9. The summed E-state index contributed by atoms with van der Waals surface area (Å²) in [4.78, 5) is 31.6. The first-order valence-electron chi connectivity index (χ1n) is 35.4. The molecule has 12 atom stereocenters. The highest BCUT2D eigenvalue weighted by atomic mass is 19.4. The summed E-state index contributed by atoms with van der Waals surface area (Å²) in [6.07, 6.45) is 21.8. The van der Waals surface area contributed by atoms with Crippen LogP contribution in [-0.4, -0.2) is 163 Å². The summed E-state index contributed by atoms with van der Waals surface area (Å²) in [7, 11) is 4.17. The number of nitrogens with one attached hydrogen (secondary N) is 6. The SMILES string of the molecule is CC[C@H](C)[C@H]1C(C)NC2(CCCC2)CNCCN=CC=C(CCc2ccc(C(F)(F)F)c(F)c2)NC=CN(C)C=C(Cc2ccc(C)cc2)N(C)C=C2CCCN2[C@@H](C)C(C)N[C@@H]([C@@H](C)CC)CN[C@@H](CC(C)C)C(C)NCC2[C@@H](C(=O)N3CCCCC3)C(C)N21. The average molecular weight is 1270 g/mol. The number of hydrogen-bond donors (Lipinski definition) is 6. The number of likely N-dealkylation sites (tertiary alicyclic amines) is 1. The molecule has 91 heavy (non-hydrogen) atoms. The summed E-state index contributed by atoms with van der Waals surface area (Å²) in [6.45, 7) is 34.5. The maximum atomic E-state index is 14.9. The van der Waals surface area contributed by atoms with E-state index in [1.165, 1.54) is 42.2 Å². The van der Waals surface area contributed by atoms with Crippen LogP contribution in [0.5, 0.6) is 0 Å². The normalized spacial score (nSPS) is 28.7. The minimum absolute atomic E-state index is 0.0676. The first-order valence-corrected chi connectivity index (χ1v) is 35.4. The molecule has 1 amide bonds.